The van der Waals surface area contributed by atoms with Crippen molar-refractivity contribution in [1.82, 2.24) is 15.3 Å². The highest BCUT2D eigenvalue weighted by atomic mass is 14.9. The summed E-state index contributed by atoms with van der Waals surface area (Å²) in [5.41, 5.74) is 2.98. The summed E-state index contributed by atoms with van der Waals surface area (Å²) in [5, 5.41) is 3.42. The van der Waals surface area contributed by atoms with Crippen molar-refractivity contribution in [3.63, 3.8) is 0 Å². The van der Waals surface area contributed by atoms with Gasteiger partial charge in [0.25, 0.3) is 0 Å². The average molecular weight is 189 g/mol. The molecule has 3 rings (SSSR count). The van der Waals surface area contributed by atoms with Gasteiger partial charge in [-0.3, -0.25) is 9.97 Å². The van der Waals surface area contributed by atoms with Gasteiger partial charge >= 0.3 is 0 Å². The lowest BCUT2D eigenvalue weighted by molar-refractivity contribution is 0.214. The molecule has 2 heterocycles. The van der Waals surface area contributed by atoms with Gasteiger partial charge in [-0.2, -0.15) is 0 Å². The number of hydrogen-bond donors (Lipinski definition) is 1. The van der Waals surface area contributed by atoms with Crippen LogP contribution >= 0.6 is 0 Å². The van der Waals surface area contributed by atoms with Gasteiger partial charge in [-0.1, -0.05) is 0 Å². The van der Waals surface area contributed by atoms with E-state index in [2.05, 4.69) is 15.3 Å². The van der Waals surface area contributed by atoms with E-state index in [1.165, 1.54) is 24.2 Å². The Bertz CT molecular complexity index is 315. The molecule has 0 atom stereocenters. The minimum absolute atomic E-state index is 0.495. The summed E-state index contributed by atoms with van der Waals surface area (Å²) >= 11 is 0. The fourth-order valence-corrected chi connectivity index (χ4v) is 2.77. The maximum atomic E-state index is 4.43. The van der Waals surface area contributed by atoms with Crippen LogP contribution in [0.4, 0.5) is 0 Å². The van der Waals surface area contributed by atoms with E-state index in [4.69, 9.17) is 0 Å². The van der Waals surface area contributed by atoms with Crippen molar-refractivity contribution >= 4 is 0 Å². The van der Waals surface area contributed by atoms with Gasteiger partial charge in [0.1, 0.15) is 0 Å². The first-order valence-electron chi connectivity index (χ1n) is 5.38. The second kappa shape index (κ2) is 3.02. The molecule has 0 amide bonds. The number of hydrogen-bond acceptors (Lipinski definition) is 3. The zero-order valence-electron chi connectivity index (χ0n) is 8.29. The number of fused-ring (bicyclic) bond motifs is 1. The van der Waals surface area contributed by atoms with Crippen LogP contribution in [-0.4, -0.2) is 23.1 Å². The van der Waals surface area contributed by atoms with Gasteiger partial charge in [0, 0.05) is 12.4 Å². The van der Waals surface area contributed by atoms with Gasteiger partial charge in [0.15, 0.2) is 0 Å². The second-order valence-corrected chi connectivity index (χ2v) is 4.55. The molecule has 1 fully saturated rings. The SMILES string of the molecule is c1cnc2c(n1)CC1(CCNCC1)C2. The van der Waals surface area contributed by atoms with Gasteiger partial charge in [-0.25, -0.2) is 0 Å². The van der Waals surface area contributed by atoms with Crippen LogP contribution in [-0.2, 0) is 12.8 Å². The van der Waals surface area contributed by atoms with Crippen molar-refractivity contribution in [1.29, 1.82) is 0 Å². The molecule has 14 heavy (non-hydrogen) atoms. The van der Waals surface area contributed by atoms with E-state index < -0.39 is 0 Å². The molecular weight excluding hydrogens is 174 g/mol. The molecule has 1 N–H and O–H groups in total. The average Bonchev–Trinajstić information content (AvgIpc) is 2.56. The van der Waals surface area contributed by atoms with Gasteiger partial charge in [0.05, 0.1) is 11.4 Å². The van der Waals surface area contributed by atoms with Gasteiger partial charge in [0.2, 0.25) is 0 Å². The highest BCUT2D eigenvalue weighted by molar-refractivity contribution is 5.22. The molecule has 1 aliphatic heterocycles. The van der Waals surface area contributed by atoms with Crippen molar-refractivity contribution < 1.29 is 0 Å². The Balaban J connectivity index is 1.89. The fourth-order valence-electron chi connectivity index (χ4n) is 2.77. The maximum Gasteiger partial charge on any atom is 0.0624 e. The van der Waals surface area contributed by atoms with Gasteiger partial charge < -0.3 is 5.32 Å². The van der Waals surface area contributed by atoms with Gasteiger partial charge in [-0.15, -0.1) is 0 Å². The lowest BCUT2D eigenvalue weighted by Gasteiger charge is -2.33. The molecule has 1 aliphatic carbocycles. The Labute approximate surface area is 84.0 Å². The largest absolute Gasteiger partial charge is 0.317 e. The Hall–Kier alpha value is -0.960. The van der Waals surface area contributed by atoms with Crippen LogP contribution in [0.1, 0.15) is 24.2 Å². The fraction of sp³-hybridized carbons (Fsp3) is 0.636. The van der Waals surface area contributed by atoms with Gasteiger partial charge in [-0.05, 0) is 44.2 Å². The molecule has 3 heteroatoms. The highest BCUT2D eigenvalue weighted by Gasteiger charge is 2.39. The molecule has 0 bridgehead atoms. The zero-order valence-corrected chi connectivity index (χ0v) is 8.29. The number of piperidine rings is 1. The van der Waals surface area contributed by atoms with Crippen LogP contribution in [0.15, 0.2) is 12.4 Å². The molecule has 0 radical (unpaired) electrons. The molecular formula is C11H15N3. The third-order valence-corrected chi connectivity index (χ3v) is 3.61. The topological polar surface area (TPSA) is 37.8 Å². The van der Waals surface area contributed by atoms with Crippen LogP contribution in [0.3, 0.4) is 0 Å². The monoisotopic (exact) mass is 189 g/mol. The Morgan fingerprint density at radius 1 is 1.00 bits per heavy atom. The van der Waals surface area contributed by atoms with E-state index >= 15 is 0 Å². The van der Waals surface area contributed by atoms with E-state index in [-0.39, 0.29) is 0 Å². The van der Waals surface area contributed by atoms with E-state index in [1.54, 1.807) is 0 Å². The van der Waals surface area contributed by atoms with Crippen LogP contribution in [0.2, 0.25) is 0 Å². The molecule has 1 aromatic rings. The standard InChI is InChI=1S/C11H15N3/c1-3-12-4-2-11(1)7-9-10(8-11)14-6-5-13-9/h5-6,12H,1-4,7-8H2. The Kier molecular flexibility index (Phi) is 1.80. The number of nitrogens with one attached hydrogen (secondary N) is 1. The predicted molar refractivity (Wildman–Crippen MR) is 54.0 cm³/mol. The van der Waals surface area contributed by atoms with E-state index in [1.807, 2.05) is 12.4 Å². The summed E-state index contributed by atoms with van der Waals surface area (Å²) < 4.78 is 0. The molecule has 1 aromatic heterocycles. The highest BCUT2D eigenvalue weighted by Crippen LogP contribution is 2.41. The molecule has 1 spiro atoms. The summed E-state index contributed by atoms with van der Waals surface area (Å²) in [6.07, 6.45) is 8.50. The van der Waals surface area contributed by atoms with Crippen LogP contribution in [0, 0.1) is 5.41 Å². The molecule has 74 valence electrons. The van der Waals surface area contributed by atoms with Crippen molar-refractivity contribution in [3.05, 3.63) is 23.8 Å². The minimum Gasteiger partial charge on any atom is -0.317 e. The molecule has 0 unspecified atom stereocenters. The minimum atomic E-state index is 0.495. The Morgan fingerprint density at radius 2 is 1.57 bits per heavy atom. The first kappa shape index (κ1) is 8.36. The number of aromatic nitrogens is 2. The normalized spacial score (nSPS) is 23.7. The summed E-state index contributed by atoms with van der Waals surface area (Å²) in [6.45, 7) is 2.32. The van der Waals surface area contributed by atoms with Crippen molar-refractivity contribution in [3.8, 4) is 0 Å². The predicted octanol–water partition coefficient (Wildman–Crippen LogP) is 0.945. The summed E-state index contributed by atoms with van der Waals surface area (Å²) in [5.74, 6) is 0. The van der Waals surface area contributed by atoms with Crippen LogP contribution in [0.25, 0.3) is 0 Å². The lowest BCUT2D eigenvalue weighted by Crippen LogP contribution is -2.37. The van der Waals surface area contributed by atoms with Crippen molar-refractivity contribution in [2.75, 3.05) is 13.1 Å². The summed E-state index contributed by atoms with van der Waals surface area (Å²) in [4.78, 5) is 8.85. The lowest BCUT2D eigenvalue weighted by atomic mass is 9.77. The summed E-state index contributed by atoms with van der Waals surface area (Å²) in [6, 6.07) is 0. The number of rotatable bonds is 0. The third-order valence-electron chi connectivity index (χ3n) is 3.61. The maximum absolute atomic E-state index is 4.43. The molecule has 0 aromatic carbocycles. The number of nitrogens with zero attached hydrogens (tertiary/aromatic N) is 2. The molecule has 0 saturated carbocycles. The molecule has 1 saturated heterocycles. The first-order valence-corrected chi connectivity index (χ1v) is 5.38. The van der Waals surface area contributed by atoms with Crippen molar-refractivity contribution in [2.24, 2.45) is 5.41 Å². The van der Waals surface area contributed by atoms with Crippen molar-refractivity contribution in [2.45, 2.75) is 25.7 Å². The van der Waals surface area contributed by atoms with Crippen LogP contribution < -0.4 is 5.32 Å². The summed E-state index contributed by atoms with van der Waals surface area (Å²) in [7, 11) is 0. The van der Waals surface area contributed by atoms with Crippen LogP contribution in [0.5, 0.6) is 0 Å². The first-order chi connectivity index (χ1) is 6.88. The smallest absolute Gasteiger partial charge is 0.0624 e. The third kappa shape index (κ3) is 1.23. The zero-order chi connectivity index (χ0) is 9.43. The molecule has 3 nitrogen and oxygen atoms in total. The van der Waals surface area contributed by atoms with E-state index in [0.29, 0.717) is 5.41 Å². The van der Waals surface area contributed by atoms with E-state index in [0.717, 1.165) is 25.9 Å². The second-order valence-electron chi connectivity index (χ2n) is 4.55. The Morgan fingerprint density at radius 3 is 2.14 bits per heavy atom. The van der Waals surface area contributed by atoms with E-state index in [9.17, 15) is 0 Å². The molecule has 2 aliphatic rings. The quantitative estimate of drug-likeness (QED) is 0.660.